The van der Waals surface area contributed by atoms with Crippen molar-refractivity contribution in [1.29, 1.82) is 5.26 Å². The molecule has 2 amide bonds. The highest BCUT2D eigenvalue weighted by atomic mass is 79.9. The summed E-state index contributed by atoms with van der Waals surface area (Å²) in [6, 6.07) is 9.28. The molecule has 3 N–H and O–H groups in total. The molecule has 0 aliphatic carbocycles. The summed E-state index contributed by atoms with van der Waals surface area (Å²) in [6.45, 7) is 1.75. The Bertz CT molecular complexity index is 830. The molecule has 0 atom stereocenters. The van der Waals surface area contributed by atoms with E-state index in [9.17, 15) is 4.79 Å². The van der Waals surface area contributed by atoms with Gasteiger partial charge in [0.05, 0.1) is 10.5 Å². The fourth-order valence-corrected chi connectivity index (χ4v) is 2.93. The first-order chi connectivity index (χ1) is 12.7. The van der Waals surface area contributed by atoms with E-state index < -0.39 is 0 Å². The van der Waals surface area contributed by atoms with Crippen molar-refractivity contribution in [2.45, 2.75) is 12.8 Å². The maximum Gasteiger partial charge on any atom is 0.321 e. The van der Waals surface area contributed by atoms with Gasteiger partial charge in [0.2, 0.25) is 5.95 Å². The number of carbonyl (C=O) groups is 1. The van der Waals surface area contributed by atoms with Gasteiger partial charge in [-0.3, -0.25) is 0 Å². The molecule has 0 spiro atoms. The molecular formula is C17H18BrN7O. The van der Waals surface area contributed by atoms with Gasteiger partial charge in [-0.2, -0.15) is 10.2 Å². The summed E-state index contributed by atoms with van der Waals surface area (Å²) in [5, 5.41) is 17.6. The van der Waals surface area contributed by atoms with Crippen LogP contribution in [0, 0.1) is 11.3 Å². The summed E-state index contributed by atoms with van der Waals surface area (Å²) in [5.41, 5.74) is 1.45. The van der Waals surface area contributed by atoms with E-state index in [-0.39, 0.29) is 12.6 Å². The minimum atomic E-state index is -0.0810. The lowest BCUT2D eigenvalue weighted by Gasteiger charge is -2.16. The SMILES string of the molecule is N#CCNc1nc(Nc2cccc(NC(=O)N3CCCC3)c2)ncc1Br. The number of aromatic nitrogens is 2. The van der Waals surface area contributed by atoms with E-state index in [2.05, 4.69) is 41.8 Å². The molecule has 1 aromatic carbocycles. The normalized spacial score (nSPS) is 13.2. The van der Waals surface area contributed by atoms with Crippen molar-refractivity contribution in [3.8, 4) is 6.07 Å². The van der Waals surface area contributed by atoms with E-state index in [1.54, 1.807) is 6.20 Å². The van der Waals surface area contributed by atoms with Gasteiger partial charge in [0.15, 0.2) is 0 Å². The predicted octanol–water partition coefficient (Wildman–Crippen LogP) is 3.55. The van der Waals surface area contributed by atoms with Crippen molar-refractivity contribution >= 4 is 45.1 Å². The zero-order chi connectivity index (χ0) is 18.4. The zero-order valence-electron chi connectivity index (χ0n) is 14.0. The van der Waals surface area contributed by atoms with Gasteiger partial charge in [-0.25, -0.2) is 9.78 Å². The standard InChI is InChI=1S/C17H18BrN7O/c18-14-11-21-16(24-15(14)20-7-6-19)22-12-4-3-5-13(10-12)23-17(26)25-8-1-2-9-25/h3-5,10-11H,1-2,7-9H2,(H,23,26)(H2,20,21,22,24). The van der Waals surface area contributed by atoms with Gasteiger partial charge in [-0.15, -0.1) is 0 Å². The Kier molecular flexibility index (Phi) is 5.86. The molecule has 3 rings (SSSR count). The predicted molar refractivity (Wildman–Crippen MR) is 103 cm³/mol. The molecule has 9 heteroatoms. The second-order valence-corrected chi connectivity index (χ2v) is 6.59. The smallest absolute Gasteiger partial charge is 0.321 e. The minimum Gasteiger partial charge on any atom is -0.356 e. The van der Waals surface area contributed by atoms with Crippen molar-refractivity contribution in [3.05, 3.63) is 34.9 Å². The van der Waals surface area contributed by atoms with E-state index in [1.807, 2.05) is 35.2 Å². The van der Waals surface area contributed by atoms with Gasteiger partial charge in [-0.1, -0.05) is 6.07 Å². The van der Waals surface area contributed by atoms with Crippen molar-refractivity contribution in [1.82, 2.24) is 14.9 Å². The molecule has 0 unspecified atom stereocenters. The number of halogens is 1. The van der Waals surface area contributed by atoms with Crippen LogP contribution in [-0.2, 0) is 0 Å². The third-order valence-corrected chi connectivity index (χ3v) is 4.42. The monoisotopic (exact) mass is 415 g/mol. The second kappa shape index (κ2) is 8.49. The van der Waals surface area contributed by atoms with Crippen LogP contribution in [0.4, 0.5) is 27.9 Å². The number of hydrogen-bond donors (Lipinski definition) is 3. The Morgan fingerprint density at radius 1 is 1.31 bits per heavy atom. The highest BCUT2D eigenvalue weighted by Crippen LogP contribution is 2.23. The van der Waals surface area contributed by atoms with Crippen LogP contribution in [0.3, 0.4) is 0 Å². The van der Waals surface area contributed by atoms with E-state index in [4.69, 9.17) is 5.26 Å². The van der Waals surface area contributed by atoms with Crippen LogP contribution in [0.2, 0.25) is 0 Å². The maximum atomic E-state index is 12.2. The van der Waals surface area contributed by atoms with Crippen molar-refractivity contribution in [2.24, 2.45) is 0 Å². The van der Waals surface area contributed by atoms with Crippen molar-refractivity contribution < 1.29 is 4.79 Å². The first kappa shape index (κ1) is 17.9. The van der Waals surface area contributed by atoms with Crippen LogP contribution in [0.25, 0.3) is 0 Å². The molecule has 1 saturated heterocycles. The Labute approximate surface area is 159 Å². The summed E-state index contributed by atoms with van der Waals surface area (Å²) in [5.74, 6) is 0.916. The lowest BCUT2D eigenvalue weighted by atomic mass is 10.3. The van der Waals surface area contributed by atoms with Crippen LogP contribution in [0.5, 0.6) is 0 Å². The topological polar surface area (TPSA) is 106 Å². The lowest BCUT2D eigenvalue weighted by Crippen LogP contribution is -2.32. The van der Waals surface area contributed by atoms with Crippen LogP contribution in [-0.4, -0.2) is 40.5 Å². The molecular weight excluding hydrogens is 398 g/mol. The maximum absolute atomic E-state index is 12.2. The summed E-state index contributed by atoms with van der Waals surface area (Å²) in [7, 11) is 0. The molecule has 2 heterocycles. The number of urea groups is 1. The summed E-state index contributed by atoms with van der Waals surface area (Å²) in [6.07, 6.45) is 3.71. The van der Waals surface area contributed by atoms with Crippen LogP contribution in [0.15, 0.2) is 34.9 Å². The van der Waals surface area contributed by atoms with Crippen LogP contribution < -0.4 is 16.0 Å². The molecule has 26 heavy (non-hydrogen) atoms. The number of nitrogens with zero attached hydrogens (tertiary/aromatic N) is 4. The highest BCUT2D eigenvalue weighted by Gasteiger charge is 2.17. The average Bonchev–Trinajstić information content (AvgIpc) is 3.17. The quantitative estimate of drug-likeness (QED) is 0.644. The molecule has 8 nitrogen and oxygen atoms in total. The Morgan fingerprint density at radius 2 is 2.08 bits per heavy atom. The molecule has 0 saturated carbocycles. The number of anilines is 4. The van der Waals surface area contributed by atoms with Crippen LogP contribution in [0.1, 0.15) is 12.8 Å². The van der Waals surface area contributed by atoms with Gasteiger partial charge in [0, 0.05) is 30.7 Å². The van der Waals surface area contributed by atoms with Crippen LogP contribution >= 0.6 is 15.9 Å². The lowest BCUT2D eigenvalue weighted by molar-refractivity contribution is 0.222. The fourth-order valence-electron chi connectivity index (χ4n) is 2.60. The van der Waals surface area contributed by atoms with E-state index in [0.717, 1.165) is 31.6 Å². The third-order valence-electron chi connectivity index (χ3n) is 3.84. The van der Waals surface area contributed by atoms with Crippen molar-refractivity contribution in [2.75, 3.05) is 35.6 Å². The number of amides is 2. The second-order valence-electron chi connectivity index (χ2n) is 5.73. The fraction of sp³-hybridized carbons (Fsp3) is 0.294. The molecule has 1 fully saturated rings. The number of likely N-dealkylation sites (tertiary alicyclic amines) is 1. The van der Waals surface area contributed by atoms with Gasteiger partial charge < -0.3 is 20.9 Å². The first-order valence-corrected chi connectivity index (χ1v) is 9.01. The third kappa shape index (κ3) is 4.61. The molecule has 1 aliphatic rings. The molecule has 1 aromatic heterocycles. The van der Waals surface area contributed by atoms with Gasteiger partial charge >= 0.3 is 6.03 Å². The molecule has 2 aromatic rings. The number of nitrogens with one attached hydrogen (secondary N) is 3. The number of hydrogen-bond acceptors (Lipinski definition) is 6. The van der Waals surface area contributed by atoms with Gasteiger partial charge in [0.25, 0.3) is 0 Å². The highest BCUT2D eigenvalue weighted by molar-refractivity contribution is 9.10. The molecule has 0 bridgehead atoms. The Morgan fingerprint density at radius 3 is 2.85 bits per heavy atom. The molecule has 134 valence electrons. The van der Waals surface area contributed by atoms with Gasteiger partial charge in [0.1, 0.15) is 12.4 Å². The number of nitriles is 1. The summed E-state index contributed by atoms with van der Waals surface area (Å²) < 4.78 is 0.671. The van der Waals surface area contributed by atoms with E-state index in [1.165, 1.54) is 0 Å². The Balaban J connectivity index is 1.68. The summed E-state index contributed by atoms with van der Waals surface area (Å²) >= 11 is 3.34. The van der Waals surface area contributed by atoms with Crippen molar-refractivity contribution in [3.63, 3.8) is 0 Å². The molecule has 0 radical (unpaired) electrons. The molecule has 1 aliphatic heterocycles. The zero-order valence-corrected chi connectivity index (χ0v) is 15.6. The first-order valence-electron chi connectivity index (χ1n) is 8.22. The average molecular weight is 416 g/mol. The summed E-state index contributed by atoms with van der Waals surface area (Å²) in [4.78, 5) is 22.5. The van der Waals surface area contributed by atoms with E-state index >= 15 is 0 Å². The largest absolute Gasteiger partial charge is 0.356 e. The number of benzene rings is 1. The van der Waals surface area contributed by atoms with E-state index in [0.29, 0.717) is 21.9 Å². The Hall–Kier alpha value is -2.86. The minimum absolute atomic E-state index is 0.0810. The number of carbonyl (C=O) groups excluding carboxylic acids is 1. The van der Waals surface area contributed by atoms with Gasteiger partial charge in [-0.05, 0) is 47.0 Å². The number of rotatable bonds is 5.